The fraction of sp³-hybridized carbons (Fsp3) is 0.0938. The van der Waals surface area contributed by atoms with Crippen molar-refractivity contribution in [3.8, 4) is 45.0 Å². The van der Waals surface area contributed by atoms with Crippen molar-refractivity contribution in [1.29, 1.82) is 0 Å². The maximum Gasteiger partial charge on any atom is 0.514 e. The molecule has 0 saturated carbocycles. The Hall–Kier alpha value is -8.58. The third-order valence-corrected chi connectivity index (χ3v) is 14.5. The number of hydrogen-bond donors (Lipinski definition) is 0. The van der Waals surface area contributed by atoms with E-state index in [1.54, 1.807) is 18.3 Å². The van der Waals surface area contributed by atoms with Gasteiger partial charge < -0.3 is 9.31 Å². The minimum absolute atomic E-state index is 0.370. The van der Waals surface area contributed by atoms with Crippen molar-refractivity contribution in [1.82, 2.24) is 39.9 Å². The van der Waals surface area contributed by atoms with Gasteiger partial charge in [0.2, 0.25) is 0 Å². The highest BCUT2D eigenvalue weighted by atomic mass is 35.5. The van der Waals surface area contributed by atoms with Crippen LogP contribution in [-0.2, 0) is 9.31 Å². The van der Waals surface area contributed by atoms with E-state index >= 15 is 0 Å². The lowest BCUT2D eigenvalue weighted by molar-refractivity contribution is 0.00578. The summed E-state index contributed by atoms with van der Waals surface area (Å²) in [4.78, 5) is 37.7. The monoisotopic (exact) mass is 1040 g/mol. The molecule has 0 N–H and O–H groups in total. The van der Waals surface area contributed by atoms with Gasteiger partial charge >= 0.3 is 7.12 Å². The quantitative estimate of drug-likeness (QED) is 0.0935. The van der Waals surface area contributed by atoms with Gasteiger partial charge in [0.05, 0.1) is 72.7 Å². The molecule has 0 radical (unpaired) electrons. The Morgan fingerprint density at radius 3 is 1.12 bits per heavy atom. The Morgan fingerprint density at radius 1 is 0.325 bits per heavy atom. The summed E-state index contributed by atoms with van der Waals surface area (Å²) in [5, 5.41) is 7.19. The summed E-state index contributed by atoms with van der Waals surface area (Å²) >= 11 is 11.6. The molecule has 1 saturated heterocycles. The van der Waals surface area contributed by atoms with E-state index in [4.69, 9.17) is 52.4 Å². The molecule has 77 heavy (non-hydrogen) atoms. The topological polar surface area (TPSA) is 122 Å². The molecule has 14 rings (SSSR count). The van der Waals surface area contributed by atoms with E-state index < -0.39 is 7.12 Å². The summed E-state index contributed by atoms with van der Waals surface area (Å²) in [6, 6.07) is 64.8. The van der Waals surface area contributed by atoms with Crippen LogP contribution in [0, 0.1) is 0 Å². The van der Waals surface area contributed by atoms with E-state index in [1.165, 1.54) is 0 Å². The first kappa shape index (κ1) is 49.3. The highest BCUT2D eigenvalue weighted by Gasteiger charge is 2.52. The van der Waals surface area contributed by atoms with Crippen molar-refractivity contribution in [2.45, 2.75) is 38.9 Å². The fourth-order valence-corrected chi connectivity index (χ4v) is 9.88. The van der Waals surface area contributed by atoms with Gasteiger partial charge in [0.25, 0.3) is 0 Å². The third-order valence-electron chi connectivity index (χ3n) is 14.1. The first-order valence-corrected chi connectivity index (χ1v) is 25.9. The van der Waals surface area contributed by atoms with Gasteiger partial charge in [-0.05, 0) is 111 Å². The Balaban J connectivity index is 0.000000135. The molecule has 0 unspecified atom stereocenters. The van der Waals surface area contributed by atoms with Crippen LogP contribution in [0.15, 0.2) is 213 Å². The summed E-state index contributed by atoms with van der Waals surface area (Å²) in [5.41, 5.74) is 12.7. The first-order chi connectivity index (χ1) is 37.4. The minimum Gasteiger partial charge on any atom is -0.398 e. The van der Waals surface area contributed by atoms with Crippen LogP contribution in [0.25, 0.3) is 110 Å². The maximum atomic E-state index is 6.11. The number of fused-ring (bicyclic) bond motifs is 9. The number of halogens is 2. The number of benzene rings is 5. The molecule has 0 aliphatic carbocycles. The Kier molecular flexibility index (Phi) is 13.1. The van der Waals surface area contributed by atoms with Crippen molar-refractivity contribution in [2.24, 2.45) is 0 Å². The normalized spacial score (nSPS) is 13.7. The van der Waals surface area contributed by atoms with Crippen LogP contribution in [0.3, 0.4) is 0 Å². The number of nitrogens with zero attached hydrogens (tertiary/aromatic N) is 8. The lowest BCUT2D eigenvalue weighted by Gasteiger charge is -2.32. The number of rotatable bonds is 5. The highest BCUT2D eigenvalue weighted by molar-refractivity contribution is 6.61. The summed E-state index contributed by atoms with van der Waals surface area (Å²) in [6.45, 7) is 8.19. The molecule has 0 atom stereocenters. The number of aromatic nitrogens is 8. The summed E-state index contributed by atoms with van der Waals surface area (Å²) in [6.07, 6.45) is 5.42. The van der Waals surface area contributed by atoms with Gasteiger partial charge in [-0.3, -0.25) is 19.9 Å². The first-order valence-electron chi connectivity index (χ1n) is 25.2. The van der Waals surface area contributed by atoms with E-state index in [9.17, 15) is 0 Å². The molecule has 13 heteroatoms. The molecule has 0 bridgehead atoms. The van der Waals surface area contributed by atoms with Crippen LogP contribution in [0.4, 0.5) is 0 Å². The standard InChI is InChI=1S/C35H21N5.C18H19BN2O2.C11H7Cl2N/c1-2-6-22(7-3-1)27-20-30(28-16-14-25-12-10-23-8-4-18-36-32(23)34(25)39-28)38-31(21-27)29-17-15-26-13-11-24-9-5-19-37-33(24)35(26)40-29;1-17(2)18(3,4)23-19(22-17)14-10-9-13-8-7-12-6-5-11-20-15(12)16(13)21-14;12-10-6-9(7-11(13)14-10)8-4-2-1-3-5-8/h1-21H;5-11H,1-4H3;1-7H. The second-order valence-corrected chi connectivity index (χ2v) is 20.5. The van der Waals surface area contributed by atoms with Crippen molar-refractivity contribution >= 4 is 101 Å². The van der Waals surface area contributed by atoms with Crippen LogP contribution in [-0.4, -0.2) is 58.2 Å². The van der Waals surface area contributed by atoms with Crippen LogP contribution >= 0.6 is 23.2 Å². The van der Waals surface area contributed by atoms with Gasteiger partial charge in [-0.1, -0.05) is 157 Å². The van der Waals surface area contributed by atoms with Gasteiger partial charge in [0.1, 0.15) is 10.3 Å². The SMILES string of the molecule is CC1(C)OB(c2ccc3ccc4cccnc4c3n2)OC1(C)C.Clc1cc(-c2ccccc2)cc(Cl)n1.c1ccc(-c2cc(-c3ccc4ccc5cccnc5c4n3)nc(-c3ccc4ccc5cccnc5c4n3)c2)cc1. The van der Waals surface area contributed by atoms with Gasteiger partial charge in [-0.15, -0.1) is 0 Å². The van der Waals surface area contributed by atoms with E-state index in [1.807, 2.05) is 131 Å². The van der Waals surface area contributed by atoms with Crippen molar-refractivity contribution in [2.75, 3.05) is 0 Å². The average molecular weight is 1040 g/mol. The Morgan fingerprint density at radius 2 is 0.688 bits per heavy atom. The highest BCUT2D eigenvalue weighted by Crippen LogP contribution is 2.37. The van der Waals surface area contributed by atoms with Crippen molar-refractivity contribution in [3.05, 3.63) is 223 Å². The predicted molar refractivity (Wildman–Crippen MR) is 314 cm³/mol. The summed E-state index contributed by atoms with van der Waals surface area (Å²) in [7, 11) is -0.455. The summed E-state index contributed by atoms with van der Waals surface area (Å²) < 4.78 is 12.2. The zero-order valence-corrected chi connectivity index (χ0v) is 43.9. The van der Waals surface area contributed by atoms with Gasteiger partial charge in [0, 0.05) is 50.9 Å². The molecule has 8 aromatic heterocycles. The molecule has 5 aromatic carbocycles. The molecular weight excluding hydrogens is 994 g/mol. The second-order valence-electron chi connectivity index (χ2n) is 19.7. The average Bonchev–Trinajstić information content (AvgIpc) is 3.71. The minimum atomic E-state index is -0.455. The molecule has 1 fully saturated rings. The zero-order chi connectivity index (χ0) is 52.7. The van der Waals surface area contributed by atoms with Gasteiger partial charge in [0.15, 0.2) is 0 Å². The van der Waals surface area contributed by atoms with E-state index in [2.05, 4.69) is 111 Å². The number of pyridine rings is 8. The van der Waals surface area contributed by atoms with Crippen molar-refractivity contribution in [3.63, 3.8) is 0 Å². The number of hydrogen-bond acceptors (Lipinski definition) is 10. The third kappa shape index (κ3) is 10.1. The molecule has 9 heterocycles. The molecular formula is C64H47BCl2N8O2. The van der Waals surface area contributed by atoms with Gasteiger partial charge in [-0.2, -0.15) is 0 Å². The smallest absolute Gasteiger partial charge is 0.398 e. The van der Waals surface area contributed by atoms with Crippen LogP contribution in [0.5, 0.6) is 0 Å². The zero-order valence-electron chi connectivity index (χ0n) is 42.4. The lowest BCUT2D eigenvalue weighted by atomic mass is 9.84. The van der Waals surface area contributed by atoms with E-state index in [0.717, 1.165) is 116 Å². The maximum absolute atomic E-state index is 6.11. The molecule has 1 aliphatic heterocycles. The lowest BCUT2D eigenvalue weighted by Crippen LogP contribution is -2.41. The largest absolute Gasteiger partial charge is 0.514 e. The Bertz CT molecular complexity index is 4190. The predicted octanol–water partition coefficient (Wildman–Crippen LogP) is 15.4. The molecule has 0 amide bonds. The van der Waals surface area contributed by atoms with Crippen LogP contribution in [0.2, 0.25) is 10.3 Å². The molecule has 13 aromatic rings. The molecule has 372 valence electrons. The molecule has 1 aliphatic rings. The van der Waals surface area contributed by atoms with Crippen LogP contribution < -0.4 is 5.59 Å². The van der Waals surface area contributed by atoms with Crippen LogP contribution in [0.1, 0.15) is 27.7 Å². The molecule has 10 nitrogen and oxygen atoms in total. The second kappa shape index (κ2) is 20.5. The fourth-order valence-electron chi connectivity index (χ4n) is 9.42. The Labute approximate surface area is 455 Å². The van der Waals surface area contributed by atoms with E-state index in [0.29, 0.717) is 10.3 Å². The summed E-state index contributed by atoms with van der Waals surface area (Å²) in [5.74, 6) is 0. The van der Waals surface area contributed by atoms with Crippen molar-refractivity contribution < 1.29 is 9.31 Å². The van der Waals surface area contributed by atoms with E-state index in [-0.39, 0.29) is 11.2 Å². The molecule has 0 spiro atoms. The van der Waals surface area contributed by atoms with Gasteiger partial charge in [-0.25, -0.2) is 19.9 Å².